The van der Waals surface area contributed by atoms with Gasteiger partial charge in [-0.3, -0.25) is 11.3 Å². The molecule has 0 bridgehead atoms. The Hall–Kier alpha value is 0.350. The third-order valence-electron chi connectivity index (χ3n) is 1.67. The van der Waals surface area contributed by atoms with Crippen LogP contribution < -0.4 is 11.3 Å². The third-order valence-corrected chi connectivity index (χ3v) is 3.07. The van der Waals surface area contributed by atoms with E-state index in [4.69, 9.17) is 5.84 Å². The minimum Gasteiger partial charge on any atom is -0.271 e. The van der Waals surface area contributed by atoms with Crippen molar-refractivity contribution in [3.8, 4) is 0 Å². The second kappa shape index (κ2) is 4.55. The van der Waals surface area contributed by atoms with E-state index in [1.54, 1.807) is 0 Å². The van der Waals surface area contributed by atoms with Crippen molar-refractivity contribution >= 4 is 38.5 Å². The summed E-state index contributed by atoms with van der Waals surface area (Å²) in [6.07, 6.45) is 0. The minimum atomic E-state index is 0.175. The summed E-state index contributed by atoms with van der Waals surface area (Å²) in [6, 6.07) is 6.37. The maximum atomic E-state index is 5.35. The molecule has 0 aromatic heterocycles. The molecule has 0 saturated heterocycles. The Labute approximate surface area is 94.2 Å². The number of hydrazine groups is 1. The molecule has 0 radical (unpaired) electrons. The van der Waals surface area contributed by atoms with Crippen molar-refractivity contribution in [2.45, 2.75) is 13.0 Å². The first-order valence-electron chi connectivity index (χ1n) is 3.56. The number of rotatable bonds is 2. The van der Waals surface area contributed by atoms with E-state index in [2.05, 4.69) is 56.1 Å². The first-order chi connectivity index (χ1) is 5.65. The fraction of sp³-hybridized carbons (Fsp3) is 0.250. The van der Waals surface area contributed by atoms with Crippen molar-refractivity contribution in [1.82, 2.24) is 5.43 Å². The molecule has 1 aromatic rings. The highest BCUT2D eigenvalue weighted by molar-refractivity contribution is 14.1. The van der Waals surface area contributed by atoms with Crippen molar-refractivity contribution < 1.29 is 0 Å². The highest BCUT2D eigenvalue weighted by Crippen LogP contribution is 2.24. The summed E-state index contributed by atoms with van der Waals surface area (Å²) in [7, 11) is 0. The molecule has 12 heavy (non-hydrogen) atoms. The zero-order valence-corrected chi connectivity index (χ0v) is 10.4. The van der Waals surface area contributed by atoms with Crippen LogP contribution in [-0.2, 0) is 0 Å². The Morgan fingerprint density at radius 1 is 1.58 bits per heavy atom. The molecule has 3 N–H and O–H groups in total. The number of benzene rings is 1. The van der Waals surface area contributed by atoms with Crippen molar-refractivity contribution in [1.29, 1.82) is 0 Å². The summed E-state index contributed by atoms with van der Waals surface area (Å²) < 4.78 is 2.31. The molecule has 0 aliphatic heterocycles. The lowest BCUT2D eigenvalue weighted by Gasteiger charge is -2.12. The monoisotopic (exact) mass is 340 g/mol. The smallest absolute Gasteiger partial charge is 0.0443 e. The van der Waals surface area contributed by atoms with E-state index in [1.807, 2.05) is 13.0 Å². The van der Waals surface area contributed by atoms with Crippen LogP contribution in [0.1, 0.15) is 18.5 Å². The van der Waals surface area contributed by atoms with Crippen molar-refractivity contribution in [3.05, 3.63) is 31.8 Å². The standard InChI is InChI=1S/C8H10BrIN2/c1-5(12-11)7-4-6(10)2-3-8(7)9/h2-5,12H,11H2,1H3. The summed E-state index contributed by atoms with van der Waals surface area (Å²) in [4.78, 5) is 0. The van der Waals surface area contributed by atoms with Crippen LogP contribution in [0.5, 0.6) is 0 Å². The number of hydrogen-bond donors (Lipinski definition) is 2. The number of nitrogens with one attached hydrogen (secondary N) is 1. The van der Waals surface area contributed by atoms with E-state index in [0.717, 1.165) is 4.47 Å². The van der Waals surface area contributed by atoms with Crippen molar-refractivity contribution in [3.63, 3.8) is 0 Å². The average molecular weight is 341 g/mol. The second-order valence-electron chi connectivity index (χ2n) is 2.55. The molecule has 1 unspecified atom stereocenters. The van der Waals surface area contributed by atoms with Gasteiger partial charge in [-0.25, -0.2) is 0 Å². The lowest BCUT2D eigenvalue weighted by atomic mass is 10.1. The lowest BCUT2D eigenvalue weighted by molar-refractivity contribution is 0.600. The van der Waals surface area contributed by atoms with Gasteiger partial charge in [-0.05, 0) is 53.3 Å². The van der Waals surface area contributed by atoms with Gasteiger partial charge in [-0.2, -0.15) is 0 Å². The molecule has 0 fully saturated rings. The molecule has 0 aliphatic rings. The molecule has 0 aliphatic carbocycles. The fourth-order valence-electron chi connectivity index (χ4n) is 0.936. The van der Waals surface area contributed by atoms with Gasteiger partial charge in [0.15, 0.2) is 0 Å². The second-order valence-corrected chi connectivity index (χ2v) is 4.65. The molecular formula is C8H10BrIN2. The molecule has 1 atom stereocenters. The van der Waals surface area contributed by atoms with Crippen LogP contribution in [0.3, 0.4) is 0 Å². The molecule has 1 aromatic carbocycles. The van der Waals surface area contributed by atoms with Crippen LogP contribution >= 0.6 is 38.5 Å². The minimum absolute atomic E-state index is 0.175. The van der Waals surface area contributed by atoms with Gasteiger partial charge in [0.25, 0.3) is 0 Å². The molecule has 0 spiro atoms. The summed E-state index contributed by atoms with van der Waals surface area (Å²) in [5, 5.41) is 0. The first kappa shape index (κ1) is 10.4. The number of hydrogen-bond acceptors (Lipinski definition) is 2. The summed E-state index contributed by atoms with van der Waals surface area (Å²) in [6.45, 7) is 2.02. The van der Waals surface area contributed by atoms with Gasteiger partial charge in [-0.15, -0.1) is 0 Å². The molecule has 2 nitrogen and oxygen atoms in total. The van der Waals surface area contributed by atoms with E-state index in [0.29, 0.717) is 0 Å². The lowest BCUT2D eigenvalue weighted by Crippen LogP contribution is -2.25. The van der Waals surface area contributed by atoms with Crippen LogP contribution in [-0.4, -0.2) is 0 Å². The quantitative estimate of drug-likeness (QED) is 0.493. The van der Waals surface area contributed by atoms with Gasteiger partial charge in [0.1, 0.15) is 0 Å². The molecule has 0 amide bonds. The Morgan fingerprint density at radius 3 is 2.83 bits per heavy atom. The summed E-state index contributed by atoms with van der Waals surface area (Å²) in [5.41, 5.74) is 3.90. The van der Waals surface area contributed by atoms with Gasteiger partial charge in [0.2, 0.25) is 0 Å². The maximum Gasteiger partial charge on any atom is 0.0443 e. The zero-order chi connectivity index (χ0) is 9.14. The maximum absolute atomic E-state index is 5.35. The number of halogens is 2. The van der Waals surface area contributed by atoms with Gasteiger partial charge in [0.05, 0.1) is 0 Å². The first-order valence-corrected chi connectivity index (χ1v) is 5.43. The van der Waals surface area contributed by atoms with Gasteiger partial charge >= 0.3 is 0 Å². The molecular weight excluding hydrogens is 331 g/mol. The van der Waals surface area contributed by atoms with Crippen LogP contribution in [0.15, 0.2) is 22.7 Å². The Bertz CT molecular complexity index is 278. The van der Waals surface area contributed by atoms with Gasteiger partial charge in [0, 0.05) is 14.1 Å². The molecule has 1 rings (SSSR count). The van der Waals surface area contributed by atoms with Gasteiger partial charge < -0.3 is 0 Å². The third kappa shape index (κ3) is 2.42. The van der Waals surface area contributed by atoms with Crippen molar-refractivity contribution in [2.75, 3.05) is 0 Å². The Morgan fingerprint density at radius 2 is 2.25 bits per heavy atom. The molecule has 4 heteroatoms. The Balaban J connectivity index is 3.04. The zero-order valence-electron chi connectivity index (χ0n) is 6.64. The average Bonchev–Trinajstić information content (AvgIpc) is 2.08. The van der Waals surface area contributed by atoms with Crippen LogP contribution in [0.2, 0.25) is 0 Å². The highest BCUT2D eigenvalue weighted by Gasteiger charge is 2.06. The van der Waals surface area contributed by atoms with E-state index >= 15 is 0 Å². The topological polar surface area (TPSA) is 38.0 Å². The molecule has 0 heterocycles. The summed E-state index contributed by atoms with van der Waals surface area (Å²) >= 11 is 5.76. The van der Waals surface area contributed by atoms with Crippen LogP contribution in [0.25, 0.3) is 0 Å². The predicted molar refractivity (Wildman–Crippen MR) is 62.6 cm³/mol. The van der Waals surface area contributed by atoms with E-state index < -0.39 is 0 Å². The summed E-state index contributed by atoms with van der Waals surface area (Å²) in [5.74, 6) is 5.35. The number of nitrogens with two attached hydrogens (primary N) is 1. The van der Waals surface area contributed by atoms with Gasteiger partial charge in [-0.1, -0.05) is 15.9 Å². The Kier molecular flexibility index (Phi) is 3.95. The normalized spacial score (nSPS) is 13.0. The highest BCUT2D eigenvalue weighted by atomic mass is 127. The van der Waals surface area contributed by atoms with E-state index in [9.17, 15) is 0 Å². The van der Waals surface area contributed by atoms with E-state index in [1.165, 1.54) is 9.13 Å². The molecule has 0 saturated carbocycles. The predicted octanol–water partition coefficient (Wildman–Crippen LogP) is 2.58. The van der Waals surface area contributed by atoms with E-state index in [-0.39, 0.29) is 6.04 Å². The largest absolute Gasteiger partial charge is 0.271 e. The fourth-order valence-corrected chi connectivity index (χ4v) is 2.04. The SMILES string of the molecule is CC(NN)c1cc(I)ccc1Br. The van der Waals surface area contributed by atoms with Crippen LogP contribution in [0.4, 0.5) is 0 Å². The van der Waals surface area contributed by atoms with Crippen LogP contribution in [0, 0.1) is 3.57 Å². The molecule has 66 valence electrons. The van der Waals surface area contributed by atoms with Crippen molar-refractivity contribution in [2.24, 2.45) is 5.84 Å².